The van der Waals surface area contributed by atoms with Gasteiger partial charge in [0.2, 0.25) is 0 Å². The molecule has 1 heteroatoms. The summed E-state index contributed by atoms with van der Waals surface area (Å²) in [7, 11) is 0. The fraction of sp³-hybridized carbons (Fsp3) is 0.0877. The normalized spacial score (nSPS) is 15.9. The van der Waals surface area contributed by atoms with Crippen LogP contribution in [0, 0.1) is 13.8 Å². The third-order valence-corrected chi connectivity index (χ3v) is 12.8. The maximum absolute atomic E-state index is 2.53. The van der Waals surface area contributed by atoms with Crippen LogP contribution in [0.3, 0.4) is 0 Å². The van der Waals surface area contributed by atoms with Crippen LogP contribution in [0.4, 0.5) is 17.1 Å². The van der Waals surface area contributed by atoms with Gasteiger partial charge in [0.25, 0.3) is 0 Å². The number of rotatable bonds is 6. The highest BCUT2D eigenvalue weighted by Gasteiger charge is 2.52. The van der Waals surface area contributed by atoms with Gasteiger partial charge in [0.1, 0.15) is 0 Å². The van der Waals surface area contributed by atoms with Gasteiger partial charge < -0.3 is 4.90 Å². The SMILES string of the molecule is Cc1cc(-c2ccc3c(c2)C2(C4=C(CCC=C4)c4ccccc42)c2ccccc2-3)c(C)c(N(c2ccc(-c3ccccc3)cc2)c2ccc(-c3ccccc3)cc2)c1. The molecule has 0 amide bonds. The largest absolute Gasteiger partial charge is 0.310 e. The zero-order valence-corrected chi connectivity index (χ0v) is 32.9. The van der Waals surface area contributed by atoms with E-state index in [2.05, 4.69) is 219 Å². The van der Waals surface area contributed by atoms with Crippen LogP contribution in [0.25, 0.3) is 50.1 Å². The van der Waals surface area contributed by atoms with Crippen molar-refractivity contribution in [1.82, 2.24) is 0 Å². The predicted molar refractivity (Wildman–Crippen MR) is 244 cm³/mol. The highest BCUT2D eigenvalue weighted by atomic mass is 15.1. The lowest BCUT2D eigenvalue weighted by Gasteiger charge is -2.32. The van der Waals surface area contributed by atoms with Crippen molar-refractivity contribution in [2.24, 2.45) is 0 Å². The summed E-state index contributed by atoms with van der Waals surface area (Å²) in [6, 6.07) is 69.7. The summed E-state index contributed by atoms with van der Waals surface area (Å²) in [6.45, 7) is 4.55. The van der Waals surface area contributed by atoms with Crippen LogP contribution in [0.5, 0.6) is 0 Å². The Morgan fingerprint density at radius 2 is 0.948 bits per heavy atom. The van der Waals surface area contributed by atoms with E-state index in [-0.39, 0.29) is 5.41 Å². The summed E-state index contributed by atoms with van der Waals surface area (Å²) in [5.41, 5.74) is 24.2. The lowest BCUT2D eigenvalue weighted by atomic mass is 9.68. The summed E-state index contributed by atoms with van der Waals surface area (Å²) in [5.74, 6) is 0. The van der Waals surface area contributed by atoms with Gasteiger partial charge in [0.05, 0.1) is 5.41 Å². The Kier molecular flexibility index (Phi) is 8.05. The highest BCUT2D eigenvalue weighted by Crippen LogP contribution is 2.63. The molecule has 0 saturated heterocycles. The van der Waals surface area contributed by atoms with E-state index in [4.69, 9.17) is 0 Å². The second-order valence-electron chi connectivity index (χ2n) is 16.1. The van der Waals surface area contributed by atoms with E-state index in [0.717, 1.165) is 24.2 Å². The quantitative estimate of drug-likeness (QED) is 0.164. The molecule has 0 aliphatic heterocycles. The van der Waals surface area contributed by atoms with Crippen molar-refractivity contribution in [2.45, 2.75) is 32.1 Å². The van der Waals surface area contributed by atoms with Crippen molar-refractivity contribution in [2.75, 3.05) is 4.90 Å². The molecular weight excluding hydrogens is 699 g/mol. The molecule has 0 bridgehead atoms. The van der Waals surface area contributed by atoms with Crippen LogP contribution in [-0.2, 0) is 5.41 Å². The van der Waals surface area contributed by atoms with Gasteiger partial charge in [-0.25, -0.2) is 0 Å². The molecule has 1 spiro atoms. The van der Waals surface area contributed by atoms with Gasteiger partial charge in [-0.2, -0.15) is 0 Å². The predicted octanol–water partition coefficient (Wildman–Crippen LogP) is 15.2. The summed E-state index contributed by atoms with van der Waals surface area (Å²) >= 11 is 0. The average molecular weight is 742 g/mol. The van der Waals surface area contributed by atoms with Gasteiger partial charge in [0, 0.05) is 17.1 Å². The molecule has 58 heavy (non-hydrogen) atoms. The molecule has 0 saturated carbocycles. The number of benzene rings is 8. The third-order valence-electron chi connectivity index (χ3n) is 12.8. The Balaban J connectivity index is 1.09. The first kappa shape index (κ1) is 34.3. The van der Waals surface area contributed by atoms with Crippen LogP contribution < -0.4 is 4.90 Å². The lowest BCUT2D eigenvalue weighted by Crippen LogP contribution is -2.27. The molecule has 1 atom stereocenters. The summed E-state index contributed by atoms with van der Waals surface area (Å²) < 4.78 is 0. The first-order valence-electron chi connectivity index (χ1n) is 20.6. The van der Waals surface area contributed by atoms with E-state index in [1.54, 1.807) is 0 Å². The second-order valence-corrected chi connectivity index (χ2v) is 16.1. The van der Waals surface area contributed by atoms with Gasteiger partial charge in [0.15, 0.2) is 0 Å². The van der Waals surface area contributed by atoms with Crippen LogP contribution in [-0.4, -0.2) is 0 Å². The molecule has 0 fully saturated rings. The monoisotopic (exact) mass is 741 g/mol. The van der Waals surface area contributed by atoms with Crippen molar-refractivity contribution in [3.05, 3.63) is 239 Å². The Morgan fingerprint density at radius 1 is 0.431 bits per heavy atom. The maximum Gasteiger partial charge on any atom is 0.0722 e. The molecule has 3 aliphatic rings. The molecule has 0 aromatic heterocycles. The Hall–Kier alpha value is -6.96. The van der Waals surface area contributed by atoms with Crippen molar-refractivity contribution < 1.29 is 0 Å². The van der Waals surface area contributed by atoms with E-state index < -0.39 is 0 Å². The number of anilines is 3. The molecule has 0 N–H and O–H groups in total. The topological polar surface area (TPSA) is 3.24 Å². The van der Waals surface area contributed by atoms with Crippen molar-refractivity contribution in [3.63, 3.8) is 0 Å². The molecular formula is C57H43N. The van der Waals surface area contributed by atoms with Crippen molar-refractivity contribution in [3.8, 4) is 44.5 Å². The summed E-state index contributed by atoms with van der Waals surface area (Å²) in [4.78, 5) is 2.44. The molecule has 1 nitrogen and oxygen atoms in total. The Morgan fingerprint density at radius 3 is 1.59 bits per heavy atom. The van der Waals surface area contributed by atoms with E-state index in [0.29, 0.717) is 0 Å². The van der Waals surface area contributed by atoms with Crippen molar-refractivity contribution in [1.29, 1.82) is 0 Å². The number of fused-ring (bicyclic) bond motifs is 9. The minimum Gasteiger partial charge on any atom is -0.310 e. The zero-order valence-electron chi connectivity index (χ0n) is 32.9. The fourth-order valence-electron chi connectivity index (χ4n) is 10.2. The van der Waals surface area contributed by atoms with Gasteiger partial charge in [-0.05, 0) is 152 Å². The number of aryl methyl sites for hydroxylation is 1. The van der Waals surface area contributed by atoms with E-state index in [1.165, 1.54) is 94.7 Å². The standard InChI is InChI=1S/C57H43N/c1-38-35-51(44-29-34-50-49-21-11-14-24-54(49)57(55(50)37-44)52-22-12-9-19-47(52)48-20-10-13-23-53(48)57)39(2)56(36-38)58(45-30-25-42(26-31-45)40-15-5-3-6-16-40)46-32-27-43(28-33-46)41-17-7-4-8-18-41/h3-9,11-19,21-37H,10,20H2,1-2H3. The van der Waals surface area contributed by atoms with Crippen molar-refractivity contribution >= 4 is 22.6 Å². The maximum atomic E-state index is 2.53. The molecule has 8 aromatic rings. The van der Waals surface area contributed by atoms with Crippen LogP contribution in [0.1, 0.15) is 46.2 Å². The summed E-state index contributed by atoms with van der Waals surface area (Å²) in [6.07, 6.45) is 7.00. The number of allylic oxidation sites excluding steroid dienone is 4. The minimum absolute atomic E-state index is 0.335. The Bertz CT molecular complexity index is 2850. The zero-order chi connectivity index (χ0) is 38.8. The summed E-state index contributed by atoms with van der Waals surface area (Å²) in [5, 5.41) is 0. The first-order valence-corrected chi connectivity index (χ1v) is 20.6. The van der Waals surface area contributed by atoms with Gasteiger partial charge in [-0.3, -0.25) is 0 Å². The Labute approximate surface area is 341 Å². The molecule has 3 aliphatic carbocycles. The smallest absolute Gasteiger partial charge is 0.0722 e. The van der Waals surface area contributed by atoms with Gasteiger partial charge in [-0.1, -0.05) is 164 Å². The van der Waals surface area contributed by atoms with Gasteiger partial charge >= 0.3 is 0 Å². The van der Waals surface area contributed by atoms with E-state index >= 15 is 0 Å². The number of hydrogen-bond donors (Lipinski definition) is 0. The van der Waals surface area contributed by atoms with Crippen LogP contribution >= 0.6 is 0 Å². The lowest BCUT2D eigenvalue weighted by molar-refractivity contribution is 0.781. The highest BCUT2D eigenvalue weighted by molar-refractivity contribution is 5.97. The first-order chi connectivity index (χ1) is 28.6. The fourth-order valence-corrected chi connectivity index (χ4v) is 10.2. The van der Waals surface area contributed by atoms with E-state index in [1.807, 2.05) is 0 Å². The molecule has 1 unspecified atom stereocenters. The molecule has 11 rings (SSSR count). The third kappa shape index (κ3) is 5.23. The van der Waals surface area contributed by atoms with Gasteiger partial charge in [-0.15, -0.1) is 0 Å². The molecule has 276 valence electrons. The second kappa shape index (κ2) is 13.6. The average Bonchev–Trinajstić information content (AvgIpc) is 3.76. The van der Waals surface area contributed by atoms with Crippen LogP contribution in [0.2, 0.25) is 0 Å². The molecule has 0 heterocycles. The molecule has 8 aromatic carbocycles. The molecule has 0 radical (unpaired) electrons. The van der Waals surface area contributed by atoms with Crippen LogP contribution in [0.15, 0.2) is 206 Å². The number of nitrogens with zero attached hydrogens (tertiary/aromatic N) is 1. The minimum atomic E-state index is -0.335. The number of hydrogen-bond acceptors (Lipinski definition) is 1. The van der Waals surface area contributed by atoms with E-state index in [9.17, 15) is 0 Å².